The van der Waals surface area contributed by atoms with Crippen LogP contribution in [0.5, 0.6) is 0 Å². The first-order valence-electron chi connectivity index (χ1n) is 10.1. The number of halogens is 5. The molecule has 1 heterocycles. The van der Waals surface area contributed by atoms with Crippen LogP contribution in [0.2, 0.25) is 10.0 Å². The fourth-order valence-electron chi connectivity index (χ4n) is 3.53. The molecule has 0 aromatic heterocycles. The molecule has 1 aromatic rings. The number of carbonyl (C=O) groups is 1. The highest BCUT2D eigenvalue weighted by molar-refractivity contribution is 6.42. The smallest absolute Gasteiger partial charge is 0.395 e. The number of likely N-dealkylation sites (tertiary alicyclic amines) is 1. The average molecular weight is 479 g/mol. The van der Waals surface area contributed by atoms with Crippen molar-refractivity contribution in [2.75, 3.05) is 26.2 Å². The van der Waals surface area contributed by atoms with Crippen LogP contribution in [0.1, 0.15) is 31.7 Å². The Morgan fingerprint density at radius 1 is 1.29 bits per heavy atom. The minimum atomic E-state index is -4.81. The van der Waals surface area contributed by atoms with Crippen LogP contribution in [0, 0.1) is 11.3 Å². The van der Waals surface area contributed by atoms with Gasteiger partial charge in [-0.05, 0) is 63.0 Å². The molecule has 0 unspecified atom stereocenters. The van der Waals surface area contributed by atoms with Crippen molar-refractivity contribution in [2.24, 2.45) is 11.7 Å². The van der Waals surface area contributed by atoms with Crippen molar-refractivity contribution in [1.82, 2.24) is 9.80 Å². The van der Waals surface area contributed by atoms with Gasteiger partial charge in [0.1, 0.15) is 11.4 Å². The molecule has 0 aliphatic carbocycles. The van der Waals surface area contributed by atoms with Gasteiger partial charge < -0.3 is 15.5 Å². The summed E-state index contributed by atoms with van der Waals surface area (Å²) >= 11 is 12.4. The SMILES string of the molecule is CCN1CCC(CCN(Cc2c(Cl)cccc2Cl)C(=O)C(=N)C=C(N)C(F)(F)F)CC1. The van der Waals surface area contributed by atoms with E-state index >= 15 is 0 Å². The number of piperidine rings is 1. The van der Waals surface area contributed by atoms with Crippen molar-refractivity contribution in [3.8, 4) is 0 Å². The highest BCUT2D eigenvalue weighted by Crippen LogP contribution is 2.27. The zero-order chi connectivity index (χ0) is 23.2. The van der Waals surface area contributed by atoms with E-state index in [9.17, 15) is 18.0 Å². The molecular weight excluding hydrogens is 452 g/mol. The molecular formula is C21H27Cl2F3N4O. The van der Waals surface area contributed by atoms with Gasteiger partial charge in [0.05, 0.1) is 0 Å². The number of carbonyl (C=O) groups excluding carboxylic acids is 1. The Kier molecular flexibility index (Phi) is 9.21. The van der Waals surface area contributed by atoms with Crippen LogP contribution in [0.15, 0.2) is 30.0 Å². The summed E-state index contributed by atoms with van der Waals surface area (Å²) in [5.41, 5.74) is 3.15. The molecule has 0 spiro atoms. The minimum absolute atomic E-state index is 0.00666. The second-order valence-corrected chi connectivity index (χ2v) is 8.42. The lowest BCUT2D eigenvalue weighted by molar-refractivity contribution is -0.124. The number of nitrogens with two attached hydrogens (primary N) is 1. The number of nitrogens with one attached hydrogen (secondary N) is 1. The summed E-state index contributed by atoms with van der Waals surface area (Å²) in [5.74, 6) is -0.459. The number of rotatable bonds is 8. The summed E-state index contributed by atoms with van der Waals surface area (Å²) < 4.78 is 38.2. The molecule has 1 saturated heterocycles. The maximum atomic E-state index is 12.8. The van der Waals surface area contributed by atoms with Gasteiger partial charge in [-0.1, -0.05) is 36.2 Å². The van der Waals surface area contributed by atoms with Crippen molar-refractivity contribution >= 4 is 34.8 Å². The van der Waals surface area contributed by atoms with E-state index in [0.29, 0.717) is 34.0 Å². The Morgan fingerprint density at radius 3 is 2.39 bits per heavy atom. The first kappa shape index (κ1) is 25.5. The second-order valence-electron chi connectivity index (χ2n) is 7.60. The third kappa shape index (κ3) is 7.40. The number of allylic oxidation sites excluding steroid dienone is 1. The molecule has 172 valence electrons. The van der Waals surface area contributed by atoms with E-state index in [2.05, 4.69) is 11.8 Å². The topological polar surface area (TPSA) is 73.4 Å². The van der Waals surface area contributed by atoms with Crippen LogP contribution >= 0.6 is 23.2 Å². The lowest BCUT2D eigenvalue weighted by Crippen LogP contribution is -2.39. The molecule has 1 aromatic carbocycles. The molecule has 0 atom stereocenters. The molecule has 1 fully saturated rings. The molecule has 0 radical (unpaired) electrons. The van der Waals surface area contributed by atoms with E-state index in [1.165, 1.54) is 4.90 Å². The fourth-order valence-corrected chi connectivity index (χ4v) is 4.04. The molecule has 5 nitrogen and oxygen atoms in total. The van der Waals surface area contributed by atoms with Crippen LogP contribution in [0.3, 0.4) is 0 Å². The first-order valence-corrected chi connectivity index (χ1v) is 10.9. The molecule has 1 aliphatic heterocycles. The first-order chi connectivity index (χ1) is 14.5. The van der Waals surface area contributed by atoms with Crippen molar-refractivity contribution in [3.63, 3.8) is 0 Å². The van der Waals surface area contributed by atoms with E-state index in [1.54, 1.807) is 18.2 Å². The maximum absolute atomic E-state index is 12.8. The summed E-state index contributed by atoms with van der Waals surface area (Å²) in [5, 5.41) is 8.55. The van der Waals surface area contributed by atoms with Gasteiger partial charge in [-0.15, -0.1) is 0 Å². The number of benzene rings is 1. The maximum Gasteiger partial charge on any atom is 0.430 e. The fraction of sp³-hybridized carbons (Fsp3) is 0.524. The largest absolute Gasteiger partial charge is 0.430 e. The lowest BCUT2D eigenvalue weighted by Gasteiger charge is -2.32. The Bertz CT molecular complexity index is 801. The summed E-state index contributed by atoms with van der Waals surface area (Å²) in [4.78, 5) is 16.5. The molecule has 10 heteroatoms. The van der Waals surface area contributed by atoms with Gasteiger partial charge in [-0.3, -0.25) is 10.2 Å². The predicted octanol–water partition coefficient (Wildman–Crippen LogP) is 4.87. The van der Waals surface area contributed by atoms with Gasteiger partial charge in [-0.2, -0.15) is 13.2 Å². The molecule has 3 N–H and O–H groups in total. The number of hydrogen-bond acceptors (Lipinski definition) is 4. The van der Waals surface area contributed by atoms with Gasteiger partial charge in [0.25, 0.3) is 5.91 Å². The quantitative estimate of drug-likeness (QED) is 0.523. The molecule has 0 saturated carbocycles. The van der Waals surface area contributed by atoms with Gasteiger partial charge in [0.2, 0.25) is 0 Å². The number of alkyl halides is 3. The number of nitrogens with zero attached hydrogens (tertiary/aromatic N) is 2. The minimum Gasteiger partial charge on any atom is -0.395 e. The second kappa shape index (κ2) is 11.2. The van der Waals surface area contributed by atoms with Crippen molar-refractivity contribution in [3.05, 3.63) is 45.6 Å². The normalized spacial score (nSPS) is 16.4. The van der Waals surface area contributed by atoms with E-state index in [0.717, 1.165) is 32.5 Å². The molecule has 1 amide bonds. The third-order valence-corrected chi connectivity index (χ3v) is 6.23. The highest BCUT2D eigenvalue weighted by atomic mass is 35.5. The van der Waals surface area contributed by atoms with Crippen LogP contribution in [0.4, 0.5) is 13.2 Å². The third-order valence-electron chi connectivity index (χ3n) is 5.52. The summed E-state index contributed by atoms with van der Waals surface area (Å²) in [7, 11) is 0. The van der Waals surface area contributed by atoms with Crippen LogP contribution in [-0.2, 0) is 11.3 Å². The standard InChI is InChI=1S/C21H27Cl2F3N4O/c1-2-29-9-6-14(7-10-29)8-11-30(13-15-16(22)4-3-5-17(15)23)20(31)18(27)12-19(28)21(24,25)26/h3-5,12,14,27H,2,6-11,13,28H2,1H3. The predicted molar refractivity (Wildman–Crippen MR) is 117 cm³/mol. The van der Waals surface area contributed by atoms with Crippen LogP contribution in [-0.4, -0.2) is 53.8 Å². The Labute approximate surface area is 190 Å². The van der Waals surface area contributed by atoms with Crippen molar-refractivity contribution < 1.29 is 18.0 Å². The monoisotopic (exact) mass is 478 g/mol. The molecule has 1 aliphatic rings. The zero-order valence-corrected chi connectivity index (χ0v) is 18.8. The zero-order valence-electron chi connectivity index (χ0n) is 17.3. The van der Waals surface area contributed by atoms with E-state index in [-0.39, 0.29) is 13.1 Å². The van der Waals surface area contributed by atoms with Crippen molar-refractivity contribution in [2.45, 2.75) is 38.9 Å². The summed E-state index contributed by atoms with van der Waals surface area (Å²) in [6.07, 6.45) is -1.81. The summed E-state index contributed by atoms with van der Waals surface area (Å²) in [6.45, 7) is 5.33. The van der Waals surface area contributed by atoms with Gasteiger partial charge in [0, 0.05) is 28.7 Å². The lowest BCUT2D eigenvalue weighted by atomic mass is 9.93. The Morgan fingerprint density at radius 2 is 1.87 bits per heavy atom. The van der Waals surface area contributed by atoms with E-state index in [1.807, 2.05) is 0 Å². The molecule has 31 heavy (non-hydrogen) atoms. The summed E-state index contributed by atoms with van der Waals surface area (Å²) in [6, 6.07) is 4.91. The van der Waals surface area contributed by atoms with Crippen molar-refractivity contribution in [1.29, 1.82) is 5.41 Å². The van der Waals surface area contributed by atoms with Gasteiger partial charge in [0.15, 0.2) is 0 Å². The van der Waals surface area contributed by atoms with E-state index < -0.39 is 23.5 Å². The Balaban J connectivity index is 2.17. The molecule has 0 bridgehead atoms. The highest BCUT2D eigenvalue weighted by Gasteiger charge is 2.33. The van der Waals surface area contributed by atoms with Crippen LogP contribution < -0.4 is 5.73 Å². The van der Waals surface area contributed by atoms with Gasteiger partial charge >= 0.3 is 6.18 Å². The number of amides is 1. The number of hydrogen-bond donors (Lipinski definition) is 2. The van der Waals surface area contributed by atoms with Gasteiger partial charge in [-0.25, -0.2) is 0 Å². The Hall–Kier alpha value is -1.77. The van der Waals surface area contributed by atoms with Crippen LogP contribution in [0.25, 0.3) is 0 Å². The van der Waals surface area contributed by atoms with E-state index in [4.69, 9.17) is 34.3 Å². The molecule has 2 rings (SSSR count). The average Bonchev–Trinajstić information content (AvgIpc) is 2.72.